The van der Waals surface area contributed by atoms with Gasteiger partial charge in [-0.2, -0.15) is 10.1 Å². The number of rotatable bonds is 4. The van der Waals surface area contributed by atoms with Gasteiger partial charge >= 0.3 is 13.7 Å². The molecule has 3 N–H and O–H groups in total. The van der Waals surface area contributed by atoms with Crippen LogP contribution in [0.3, 0.4) is 0 Å². The lowest BCUT2D eigenvalue weighted by molar-refractivity contribution is -0.195. The molecular formula is C29H39FN5O9P. The van der Waals surface area contributed by atoms with Gasteiger partial charge in [0.2, 0.25) is 5.88 Å². The number of cyclic esters (lactones) is 1. The van der Waals surface area contributed by atoms with Crippen LogP contribution in [0.25, 0.3) is 11.2 Å². The fraction of sp³-hybridized carbons (Fsp3) is 0.586. The number of benzene rings is 1. The summed E-state index contributed by atoms with van der Waals surface area (Å²) >= 11 is 0. The summed E-state index contributed by atoms with van der Waals surface area (Å²) in [5.74, 6) is -3.61. The number of carbonyl (C=O) groups is 1. The smallest absolute Gasteiger partial charge is 0.459 e. The number of halogens is 1. The molecule has 0 amide bonds. The number of aliphatic hydroxyl groups excluding tert-OH is 1. The predicted octanol–water partition coefficient (Wildman–Crippen LogP) is 3.84. The number of aromatic nitrogens is 4. The van der Waals surface area contributed by atoms with Gasteiger partial charge in [0.25, 0.3) is 5.85 Å². The van der Waals surface area contributed by atoms with Crippen molar-refractivity contribution in [2.24, 2.45) is 5.92 Å². The number of imidazole rings is 1. The standard InChI is InChI=1S/C29H39FN5O9P/c1-19(2)15-21-27(37)41-14-10-5-3-4-9-13-40-26-23-25(31-17-32-26)35(18-33-23)28-29(30,38)24(36)22(43-28)16-42-45(39,34-21)44-20-11-7-6-8-12-20/h6-8,11-12,17-19,21-22,24,28,36,38H,3-5,9-10,13-16H2,1-2H3,(H,34,39)/t21-,22-,24-,28-,29-,45?/m1/s1. The quantitative estimate of drug-likeness (QED) is 0.274. The minimum Gasteiger partial charge on any atom is -0.476 e. The molecule has 2 aromatic heterocycles. The Morgan fingerprint density at radius 2 is 1.82 bits per heavy atom. The average molecular weight is 652 g/mol. The van der Waals surface area contributed by atoms with Crippen LogP contribution in [-0.2, 0) is 23.4 Å². The molecule has 0 saturated carbocycles. The van der Waals surface area contributed by atoms with Crippen LogP contribution in [0.5, 0.6) is 11.6 Å². The van der Waals surface area contributed by atoms with E-state index in [1.54, 1.807) is 30.3 Å². The lowest BCUT2D eigenvalue weighted by Crippen LogP contribution is -2.43. The maximum atomic E-state index is 15.7. The Morgan fingerprint density at radius 3 is 2.56 bits per heavy atom. The molecule has 3 aromatic rings. The molecule has 1 fully saturated rings. The molecule has 4 heterocycles. The van der Waals surface area contributed by atoms with Crippen LogP contribution in [0.2, 0.25) is 0 Å². The fourth-order valence-electron chi connectivity index (χ4n) is 5.16. The zero-order chi connectivity index (χ0) is 32.0. The maximum absolute atomic E-state index is 15.7. The van der Waals surface area contributed by atoms with Gasteiger partial charge in [0, 0.05) is 0 Å². The number of nitrogens with zero attached hydrogens (tertiary/aromatic N) is 4. The van der Waals surface area contributed by atoms with E-state index in [4.69, 9.17) is 23.3 Å². The van der Waals surface area contributed by atoms with E-state index in [-0.39, 0.29) is 41.7 Å². The zero-order valence-electron chi connectivity index (χ0n) is 25.2. The topological polar surface area (TPSA) is 176 Å². The van der Waals surface area contributed by atoms with Gasteiger partial charge in [-0.15, -0.1) is 0 Å². The van der Waals surface area contributed by atoms with Crippen LogP contribution >= 0.6 is 7.75 Å². The Morgan fingerprint density at radius 1 is 1.11 bits per heavy atom. The van der Waals surface area contributed by atoms with Gasteiger partial charge in [0.1, 0.15) is 30.3 Å². The number of ether oxygens (including phenoxy) is 3. The Balaban J connectivity index is 1.45. The molecule has 45 heavy (non-hydrogen) atoms. The van der Waals surface area contributed by atoms with Crippen LogP contribution in [0.4, 0.5) is 4.39 Å². The number of fused-ring (bicyclic) bond motifs is 3. The molecule has 2 aliphatic heterocycles. The van der Waals surface area contributed by atoms with Crippen molar-refractivity contribution in [1.29, 1.82) is 0 Å². The summed E-state index contributed by atoms with van der Waals surface area (Å²) in [7, 11) is -4.40. The van der Waals surface area contributed by atoms with Crippen LogP contribution in [0.15, 0.2) is 43.0 Å². The van der Waals surface area contributed by atoms with Gasteiger partial charge in [-0.05, 0) is 37.3 Å². The molecule has 6 bridgehead atoms. The van der Waals surface area contributed by atoms with Crippen molar-refractivity contribution in [2.45, 2.75) is 82.7 Å². The second-order valence-corrected chi connectivity index (χ2v) is 13.2. The first-order chi connectivity index (χ1) is 21.6. The highest BCUT2D eigenvalue weighted by molar-refractivity contribution is 7.52. The fourth-order valence-corrected chi connectivity index (χ4v) is 6.68. The summed E-state index contributed by atoms with van der Waals surface area (Å²) in [5, 5.41) is 24.2. The first kappa shape index (κ1) is 33.2. The number of para-hydroxylation sites is 1. The van der Waals surface area contributed by atoms with E-state index in [0.717, 1.165) is 30.3 Å². The van der Waals surface area contributed by atoms with Crippen LogP contribution < -0.4 is 14.3 Å². The molecule has 5 rings (SSSR count). The molecule has 1 aromatic carbocycles. The maximum Gasteiger partial charge on any atom is 0.459 e. The predicted molar refractivity (Wildman–Crippen MR) is 158 cm³/mol. The minimum absolute atomic E-state index is 0.00220. The van der Waals surface area contributed by atoms with Crippen LogP contribution in [-0.4, -0.2) is 79.6 Å². The number of hydrogen-bond acceptors (Lipinski definition) is 12. The Bertz CT molecular complexity index is 1480. The molecular weight excluding hydrogens is 612 g/mol. The second kappa shape index (κ2) is 14.5. The summed E-state index contributed by atoms with van der Waals surface area (Å²) in [6.45, 7) is 3.62. The number of carbonyl (C=O) groups excluding carboxylic acids is 1. The molecule has 1 saturated heterocycles. The van der Waals surface area contributed by atoms with Gasteiger partial charge in [-0.3, -0.25) is 13.9 Å². The molecule has 14 nitrogen and oxygen atoms in total. The lowest BCUT2D eigenvalue weighted by atomic mass is 10.1. The normalized spacial score (nSPS) is 30.8. The van der Waals surface area contributed by atoms with Gasteiger partial charge in [0.15, 0.2) is 17.4 Å². The third kappa shape index (κ3) is 7.97. The van der Waals surface area contributed by atoms with E-state index < -0.39 is 50.7 Å². The van der Waals surface area contributed by atoms with E-state index in [0.29, 0.717) is 13.0 Å². The molecule has 246 valence electrons. The number of aliphatic hydroxyl groups is 2. The lowest BCUT2D eigenvalue weighted by Gasteiger charge is -2.26. The van der Waals surface area contributed by atoms with Gasteiger partial charge in [0.05, 0.1) is 26.1 Å². The Labute approximate surface area is 259 Å². The number of hydrogen-bond donors (Lipinski definition) is 3. The molecule has 1 unspecified atom stereocenters. The molecule has 6 atom stereocenters. The van der Waals surface area contributed by atoms with Crippen molar-refractivity contribution in [1.82, 2.24) is 24.6 Å². The summed E-state index contributed by atoms with van der Waals surface area (Å²) in [5.41, 5.74) is 0.322. The van der Waals surface area contributed by atoms with Crippen molar-refractivity contribution in [3.05, 3.63) is 43.0 Å². The first-order valence-corrected chi connectivity index (χ1v) is 16.6. The molecule has 16 heteroatoms. The minimum atomic E-state index is -4.40. The van der Waals surface area contributed by atoms with Gasteiger partial charge in [-0.1, -0.05) is 51.3 Å². The SMILES string of the molecule is CC(C)C[C@H]1NP(=O)(Oc2ccccc2)OC[C@H]2O[C@@H](n3cnc4c(ncnc43)OCCCCCCCOC1=O)[C@@](O)(F)[C@@H]2O. The third-order valence-electron chi connectivity index (χ3n) is 7.45. The van der Waals surface area contributed by atoms with Crippen molar-refractivity contribution >= 4 is 24.9 Å². The van der Waals surface area contributed by atoms with Crippen LogP contribution in [0.1, 0.15) is 58.6 Å². The van der Waals surface area contributed by atoms with E-state index in [2.05, 4.69) is 20.0 Å². The highest BCUT2D eigenvalue weighted by Crippen LogP contribution is 2.48. The number of alkyl halides is 1. The van der Waals surface area contributed by atoms with Crippen molar-refractivity contribution < 1.29 is 47.2 Å². The van der Waals surface area contributed by atoms with Crippen LogP contribution in [0, 0.1) is 5.92 Å². The monoisotopic (exact) mass is 651 g/mol. The summed E-state index contributed by atoms with van der Waals surface area (Å²) in [6, 6.07) is 7.07. The van der Waals surface area contributed by atoms with E-state index in [1.165, 1.54) is 12.7 Å². The third-order valence-corrected chi connectivity index (χ3v) is 9.02. The van der Waals surface area contributed by atoms with Crippen molar-refractivity contribution in [3.8, 4) is 11.6 Å². The second-order valence-electron chi connectivity index (χ2n) is 11.5. The van der Waals surface area contributed by atoms with E-state index in [1.807, 2.05) is 13.8 Å². The van der Waals surface area contributed by atoms with Gasteiger partial charge in [-0.25, -0.2) is 18.9 Å². The van der Waals surface area contributed by atoms with E-state index in [9.17, 15) is 19.6 Å². The average Bonchev–Trinajstić information content (AvgIpc) is 3.52. The largest absolute Gasteiger partial charge is 0.476 e. The molecule has 0 radical (unpaired) electrons. The summed E-state index contributed by atoms with van der Waals surface area (Å²) in [4.78, 5) is 25.7. The number of nitrogens with one attached hydrogen (secondary N) is 1. The molecule has 0 spiro atoms. The number of esters is 1. The molecule has 0 aliphatic carbocycles. The summed E-state index contributed by atoms with van der Waals surface area (Å²) < 4.78 is 59.5. The Hall–Kier alpha value is -3.20. The highest BCUT2D eigenvalue weighted by atomic mass is 31.2. The van der Waals surface area contributed by atoms with Gasteiger partial charge < -0.3 is 28.9 Å². The molecule has 2 aliphatic rings. The highest BCUT2D eigenvalue weighted by Gasteiger charge is 2.58. The summed E-state index contributed by atoms with van der Waals surface area (Å²) in [6.07, 6.45) is 1.13. The Kier molecular flexibility index (Phi) is 10.7. The zero-order valence-corrected chi connectivity index (χ0v) is 26.1. The van der Waals surface area contributed by atoms with Crippen molar-refractivity contribution in [3.63, 3.8) is 0 Å². The van der Waals surface area contributed by atoms with E-state index >= 15 is 4.39 Å². The van der Waals surface area contributed by atoms with Crippen molar-refractivity contribution in [2.75, 3.05) is 19.8 Å². The first-order valence-electron chi connectivity index (χ1n) is 15.1.